The van der Waals surface area contributed by atoms with Gasteiger partial charge in [0.15, 0.2) is 0 Å². The van der Waals surface area contributed by atoms with Crippen LogP contribution in [0.25, 0.3) is 0 Å². The molecule has 3 aliphatic rings. The molecule has 92 valence electrons. The third kappa shape index (κ3) is 2.02. The van der Waals surface area contributed by atoms with Crippen LogP contribution >= 0.6 is 0 Å². The number of nitrogens with zero attached hydrogens (tertiary/aromatic N) is 1. The van der Waals surface area contributed by atoms with Gasteiger partial charge in [0.2, 0.25) is 10.0 Å². The van der Waals surface area contributed by atoms with E-state index < -0.39 is 10.0 Å². The maximum absolute atomic E-state index is 12.3. The van der Waals surface area contributed by atoms with Crippen molar-refractivity contribution in [2.75, 3.05) is 12.3 Å². The molecule has 2 atom stereocenters. The van der Waals surface area contributed by atoms with Crippen molar-refractivity contribution in [2.45, 2.75) is 51.0 Å². The fourth-order valence-corrected chi connectivity index (χ4v) is 5.65. The number of rotatable bonds is 3. The van der Waals surface area contributed by atoms with E-state index >= 15 is 0 Å². The van der Waals surface area contributed by atoms with E-state index in [0.29, 0.717) is 23.6 Å². The van der Waals surface area contributed by atoms with Gasteiger partial charge in [0.25, 0.3) is 0 Å². The molecule has 2 saturated carbocycles. The molecule has 0 bridgehead atoms. The molecule has 0 N–H and O–H groups in total. The molecule has 1 saturated heterocycles. The summed E-state index contributed by atoms with van der Waals surface area (Å²) in [7, 11) is -2.94. The summed E-state index contributed by atoms with van der Waals surface area (Å²) in [4.78, 5) is 0. The van der Waals surface area contributed by atoms with E-state index in [1.165, 1.54) is 19.3 Å². The molecule has 3 fully saturated rings. The Morgan fingerprint density at radius 1 is 1.00 bits per heavy atom. The van der Waals surface area contributed by atoms with Crippen molar-refractivity contribution in [1.29, 1.82) is 0 Å². The van der Waals surface area contributed by atoms with E-state index in [1.54, 1.807) is 0 Å². The van der Waals surface area contributed by atoms with E-state index in [0.717, 1.165) is 32.2 Å². The molecule has 0 spiro atoms. The molecule has 3 rings (SSSR count). The van der Waals surface area contributed by atoms with Crippen LogP contribution in [-0.4, -0.2) is 31.1 Å². The lowest BCUT2D eigenvalue weighted by Gasteiger charge is -2.36. The minimum Gasteiger partial charge on any atom is -0.212 e. The Balaban J connectivity index is 1.76. The van der Waals surface area contributed by atoms with E-state index in [1.807, 2.05) is 4.31 Å². The van der Waals surface area contributed by atoms with Crippen LogP contribution in [0.2, 0.25) is 0 Å². The second-order valence-electron chi connectivity index (χ2n) is 5.73. The molecule has 1 heterocycles. The van der Waals surface area contributed by atoms with Crippen molar-refractivity contribution >= 4 is 10.0 Å². The highest BCUT2D eigenvalue weighted by Gasteiger charge is 2.42. The Bertz CT molecular complexity index is 361. The first-order valence-electron chi connectivity index (χ1n) is 6.66. The normalized spacial score (nSPS) is 36.2. The van der Waals surface area contributed by atoms with Crippen molar-refractivity contribution in [3.63, 3.8) is 0 Å². The van der Waals surface area contributed by atoms with Gasteiger partial charge in [-0.15, -0.1) is 0 Å². The van der Waals surface area contributed by atoms with Gasteiger partial charge in [-0.3, -0.25) is 0 Å². The van der Waals surface area contributed by atoms with Crippen molar-refractivity contribution in [2.24, 2.45) is 11.8 Å². The fraction of sp³-hybridized carbons (Fsp3) is 1.00. The van der Waals surface area contributed by atoms with Crippen LogP contribution in [0.5, 0.6) is 0 Å². The molecular weight excluding hydrogens is 222 g/mol. The third-order valence-electron chi connectivity index (χ3n) is 4.44. The molecule has 0 aromatic rings. The molecule has 1 aliphatic heterocycles. The molecule has 0 amide bonds. The van der Waals surface area contributed by atoms with Crippen LogP contribution in [0.1, 0.15) is 44.9 Å². The summed E-state index contributed by atoms with van der Waals surface area (Å²) in [5.74, 6) is 1.57. The molecule has 2 aliphatic carbocycles. The lowest BCUT2D eigenvalue weighted by molar-refractivity contribution is 0.202. The standard InChI is InChI=1S/C12H21NO2S/c14-16(15,9-10-6-7-10)13-8-2-4-11-3-1-5-12(11)13/h10-12H,1-9H2. The van der Waals surface area contributed by atoms with Gasteiger partial charge in [-0.2, -0.15) is 4.31 Å². The van der Waals surface area contributed by atoms with Crippen molar-refractivity contribution in [3.8, 4) is 0 Å². The Labute approximate surface area is 98.3 Å². The predicted molar refractivity (Wildman–Crippen MR) is 63.6 cm³/mol. The lowest BCUT2D eigenvalue weighted by atomic mass is 9.94. The Hall–Kier alpha value is -0.0900. The van der Waals surface area contributed by atoms with Crippen LogP contribution in [-0.2, 0) is 10.0 Å². The third-order valence-corrected chi connectivity index (χ3v) is 6.50. The SMILES string of the molecule is O=S(=O)(CC1CC1)N1CCCC2CCCC21. The summed E-state index contributed by atoms with van der Waals surface area (Å²) in [5, 5.41) is 0. The lowest BCUT2D eigenvalue weighted by Crippen LogP contribution is -2.47. The van der Waals surface area contributed by atoms with Gasteiger partial charge in [-0.1, -0.05) is 6.42 Å². The molecule has 0 radical (unpaired) electrons. The summed E-state index contributed by atoms with van der Waals surface area (Å²) in [6.07, 6.45) is 8.16. The molecular formula is C12H21NO2S. The van der Waals surface area contributed by atoms with Crippen LogP contribution in [0.15, 0.2) is 0 Å². The first-order valence-corrected chi connectivity index (χ1v) is 8.27. The number of hydrogen-bond donors (Lipinski definition) is 0. The van der Waals surface area contributed by atoms with Gasteiger partial charge in [-0.25, -0.2) is 8.42 Å². The Kier molecular flexibility index (Phi) is 2.75. The zero-order chi connectivity index (χ0) is 11.2. The van der Waals surface area contributed by atoms with E-state index in [4.69, 9.17) is 0 Å². The van der Waals surface area contributed by atoms with Gasteiger partial charge < -0.3 is 0 Å². The first-order chi connectivity index (χ1) is 7.67. The van der Waals surface area contributed by atoms with E-state index in [2.05, 4.69) is 0 Å². The minimum absolute atomic E-state index is 0.359. The topological polar surface area (TPSA) is 37.4 Å². The molecule has 0 aromatic carbocycles. The number of fused-ring (bicyclic) bond motifs is 1. The molecule has 3 nitrogen and oxygen atoms in total. The van der Waals surface area contributed by atoms with Crippen LogP contribution in [0.3, 0.4) is 0 Å². The summed E-state index contributed by atoms with van der Waals surface area (Å²) >= 11 is 0. The predicted octanol–water partition coefficient (Wildman–Crippen LogP) is 1.99. The largest absolute Gasteiger partial charge is 0.214 e. The number of piperidine rings is 1. The van der Waals surface area contributed by atoms with Crippen molar-refractivity contribution in [3.05, 3.63) is 0 Å². The van der Waals surface area contributed by atoms with Crippen molar-refractivity contribution in [1.82, 2.24) is 4.31 Å². The molecule has 4 heteroatoms. The highest BCUT2D eigenvalue weighted by atomic mass is 32.2. The van der Waals surface area contributed by atoms with Gasteiger partial charge >= 0.3 is 0 Å². The molecule has 2 unspecified atom stereocenters. The van der Waals surface area contributed by atoms with E-state index in [-0.39, 0.29) is 0 Å². The van der Waals surface area contributed by atoms with Gasteiger partial charge in [-0.05, 0) is 50.4 Å². The van der Waals surface area contributed by atoms with Crippen molar-refractivity contribution < 1.29 is 8.42 Å². The quantitative estimate of drug-likeness (QED) is 0.760. The smallest absolute Gasteiger partial charge is 0.212 e. The Morgan fingerprint density at radius 3 is 2.50 bits per heavy atom. The average Bonchev–Trinajstić information content (AvgIpc) is 2.92. The number of hydrogen-bond acceptors (Lipinski definition) is 2. The first kappa shape index (κ1) is 11.0. The highest BCUT2D eigenvalue weighted by molar-refractivity contribution is 7.89. The maximum atomic E-state index is 12.3. The minimum atomic E-state index is -2.94. The van der Waals surface area contributed by atoms with Crippen LogP contribution < -0.4 is 0 Å². The average molecular weight is 243 g/mol. The zero-order valence-corrected chi connectivity index (χ0v) is 10.6. The summed E-state index contributed by atoms with van der Waals surface area (Å²) in [5.41, 5.74) is 0. The highest BCUT2D eigenvalue weighted by Crippen LogP contribution is 2.39. The van der Waals surface area contributed by atoms with Crippen LogP contribution in [0, 0.1) is 11.8 Å². The Morgan fingerprint density at radius 2 is 1.75 bits per heavy atom. The maximum Gasteiger partial charge on any atom is 0.214 e. The molecule has 0 aromatic heterocycles. The van der Waals surface area contributed by atoms with Gasteiger partial charge in [0, 0.05) is 12.6 Å². The monoisotopic (exact) mass is 243 g/mol. The van der Waals surface area contributed by atoms with Gasteiger partial charge in [0.1, 0.15) is 0 Å². The fourth-order valence-electron chi connectivity index (χ4n) is 3.43. The van der Waals surface area contributed by atoms with E-state index in [9.17, 15) is 8.42 Å². The molecule has 16 heavy (non-hydrogen) atoms. The van der Waals surface area contributed by atoms with Crippen LogP contribution in [0.4, 0.5) is 0 Å². The summed E-state index contributed by atoms with van der Waals surface area (Å²) in [6, 6.07) is 0.359. The second kappa shape index (κ2) is 3.98. The summed E-state index contributed by atoms with van der Waals surface area (Å²) < 4.78 is 26.5. The van der Waals surface area contributed by atoms with Gasteiger partial charge in [0.05, 0.1) is 5.75 Å². The zero-order valence-electron chi connectivity index (χ0n) is 9.77. The number of sulfonamides is 1. The summed E-state index contributed by atoms with van der Waals surface area (Å²) in [6.45, 7) is 0.788. The second-order valence-corrected chi connectivity index (χ2v) is 7.70.